The standard InChI is InChI=1S/C8H15NO3.ClH/c1-3-12-6-4-7(9-5-6)8(10)11-2;/h6-7,9H,3-5H2,1-2H3;1H/t6-,7+;/m1./s1. The van der Waals surface area contributed by atoms with E-state index < -0.39 is 0 Å². The van der Waals surface area contributed by atoms with Gasteiger partial charge >= 0.3 is 5.97 Å². The SMILES string of the molecule is CCO[C@H]1CN[C@H](C(=O)OC)C1.Cl. The van der Waals surface area contributed by atoms with Crippen LogP contribution in [0.1, 0.15) is 13.3 Å². The van der Waals surface area contributed by atoms with Crippen LogP contribution in [-0.2, 0) is 14.3 Å². The summed E-state index contributed by atoms with van der Waals surface area (Å²) in [5.74, 6) is -0.197. The van der Waals surface area contributed by atoms with E-state index in [1.165, 1.54) is 7.11 Å². The van der Waals surface area contributed by atoms with Crippen molar-refractivity contribution >= 4 is 18.4 Å². The highest BCUT2D eigenvalue weighted by molar-refractivity contribution is 5.85. The van der Waals surface area contributed by atoms with Gasteiger partial charge in [0.2, 0.25) is 0 Å². The molecule has 4 nitrogen and oxygen atoms in total. The van der Waals surface area contributed by atoms with E-state index in [0.29, 0.717) is 6.61 Å². The van der Waals surface area contributed by atoms with Crippen LogP contribution in [0.3, 0.4) is 0 Å². The predicted octanol–water partition coefficient (Wildman–Crippen LogP) is 0.348. The van der Waals surface area contributed by atoms with E-state index in [1.807, 2.05) is 6.92 Å². The van der Waals surface area contributed by atoms with Gasteiger partial charge in [-0.15, -0.1) is 12.4 Å². The molecular weight excluding hydrogens is 194 g/mol. The molecule has 0 radical (unpaired) electrons. The Morgan fingerprint density at radius 2 is 2.31 bits per heavy atom. The predicted molar refractivity (Wildman–Crippen MR) is 51.1 cm³/mol. The van der Waals surface area contributed by atoms with Gasteiger partial charge in [0.1, 0.15) is 6.04 Å². The minimum atomic E-state index is -0.197. The van der Waals surface area contributed by atoms with Crippen molar-refractivity contribution in [2.24, 2.45) is 0 Å². The van der Waals surface area contributed by atoms with Crippen LogP contribution < -0.4 is 5.32 Å². The molecule has 1 heterocycles. The van der Waals surface area contributed by atoms with Gasteiger partial charge in [-0.2, -0.15) is 0 Å². The van der Waals surface area contributed by atoms with Crippen LogP contribution in [0.15, 0.2) is 0 Å². The van der Waals surface area contributed by atoms with Gasteiger partial charge in [0.15, 0.2) is 0 Å². The lowest BCUT2D eigenvalue weighted by Gasteiger charge is -2.08. The maximum Gasteiger partial charge on any atom is 0.322 e. The molecule has 2 atom stereocenters. The van der Waals surface area contributed by atoms with Crippen LogP contribution in [0.25, 0.3) is 0 Å². The topological polar surface area (TPSA) is 47.6 Å². The molecule has 0 spiro atoms. The third-order valence-electron chi connectivity index (χ3n) is 1.98. The lowest BCUT2D eigenvalue weighted by Crippen LogP contribution is -2.31. The average Bonchev–Trinajstić information content (AvgIpc) is 2.52. The molecule has 0 bridgehead atoms. The molecule has 1 rings (SSSR count). The summed E-state index contributed by atoms with van der Waals surface area (Å²) in [5, 5.41) is 3.04. The fourth-order valence-electron chi connectivity index (χ4n) is 1.39. The molecule has 1 N–H and O–H groups in total. The summed E-state index contributed by atoms with van der Waals surface area (Å²) in [6, 6.07) is -0.174. The van der Waals surface area contributed by atoms with Gasteiger partial charge in [-0.05, 0) is 6.92 Å². The van der Waals surface area contributed by atoms with Gasteiger partial charge in [0.25, 0.3) is 0 Å². The van der Waals surface area contributed by atoms with Gasteiger partial charge < -0.3 is 14.8 Å². The third-order valence-corrected chi connectivity index (χ3v) is 1.98. The number of esters is 1. The highest BCUT2D eigenvalue weighted by Gasteiger charge is 2.30. The number of methoxy groups -OCH3 is 1. The Morgan fingerprint density at radius 1 is 1.62 bits per heavy atom. The van der Waals surface area contributed by atoms with Crippen LogP contribution in [0.5, 0.6) is 0 Å². The van der Waals surface area contributed by atoms with Crippen LogP contribution in [-0.4, -0.2) is 38.4 Å². The lowest BCUT2D eigenvalue weighted by molar-refractivity contribution is -0.142. The first-order valence-electron chi connectivity index (χ1n) is 4.20. The second kappa shape index (κ2) is 6.18. The van der Waals surface area contributed by atoms with Crippen molar-refractivity contribution in [3.63, 3.8) is 0 Å². The van der Waals surface area contributed by atoms with Gasteiger partial charge in [0, 0.05) is 19.6 Å². The minimum Gasteiger partial charge on any atom is -0.468 e. The first-order chi connectivity index (χ1) is 5.77. The van der Waals surface area contributed by atoms with Crippen LogP contribution >= 0.6 is 12.4 Å². The monoisotopic (exact) mass is 209 g/mol. The summed E-state index contributed by atoms with van der Waals surface area (Å²) in [6.45, 7) is 3.39. The van der Waals surface area contributed by atoms with E-state index >= 15 is 0 Å². The minimum absolute atomic E-state index is 0. The van der Waals surface area contributed by atoms with E-state index in [2.05, 4.69) is 10.1 Å². The number of rotatable bonds is 3. The number of hydrogen-bond acceptors (Lipinski definition) is 4. The Kier molecular flexibility index (Phi) is 6.03. The Morgan fingerprint density at radius 3 is 2.85 bits per heavy atom. The normalized spacial score (nSPS) is 26.6. The van der Waals surface area contributed by atoms with Crippen molar-refractivity contribution in [3.8, 4) is 0 Å². The summed E-state index contributed by atoms with van der Waals surface area (Å²) in [6.07, 6.45) is 0.889. The highest BCUT2D eigenvalue weighted by atomic mass is 35.5. The van der Waals surface area contributed by atoms with E-state index in [-0.39, 0.29) is 30.5 Å². The smallest absolute Gasteiger partial charge is 0.322 e. The highest BCUT2D eigenvalue weighted by Crippen LogP contribution is 2.10. The third kappa shape index (κ3) is 3.50. The van der Waals surface area contributed by atoms with Gasteiger partial charge in [-0.3, -0.25) is 4.79 Å². The summed E-state index contributed by atoms with van der Waals surface area (Å²) in [5.41, 5.74) is 0. The number of carbonyl (C=O) groups is 1. The van der Waals surface area contributed by atoms with E-state index in [9.17, 15) is 4.79 Å². The number of ether oxygens (including phenoxy) is 2. The fourth-order valence-corrected chi connectivity index (χ4v) is 1.39. The molecule has 1 aliphatic rings. The van der Waals surface area contributed by atoms with Gasteiger partial charge in [-0.1, -0.05) is 0 Å². The zero-order valence-electron chi connectivity index (χ0n) is 7.91. The van der Waals surface area contributed by atoms with Crippen molar-refractivity contribution in [3.05, 3.63) is 0 Å². The molecule has 0 aromatic heterocycles. The summed E-state index contributed by atoms with van der Waals surface area (Å²) < 4.78 is 9.96. The first-order valence-corrected chi connectivity index (χ1v) is 4.20. The maximum atomic E-state index is 11.0. The van der Waals surface area contributed by atoms with Crippen LogP contribution in [0.4, 0.5) is 0 Å². The molecule has 0 unspecified atom stereocenters. The molecule has 0 saturated carbocycles. The number of halogens is 1. The Hall–Kier alpha value is -0.320. The van der Waals surface area contributed by atoms with Crippen molar-refractivity contribution in [1.29, 1.82) is 0 Å². The molecule has 1 aliphatic heterocycles. The van der Waals surface area contributed by atoms with Crippen molar-refractivity contribution in [2.45, 2.75) is 25.5 Å². The van der Waals surface area contributed by atoms with Crippen LogP contribution in [0, 0.1) is 0 Å². The Bertz CT molecular complexity index is 165. The molecule has 0 aromatic rings. The number of nitrogens with one attached hydrogen (secondary N) is 1. The molecule has 1 fully saturated rings. The average molecular weight is 210 g/mol. The molecule has 13 heavy (non-hydrogen) atoms. The maximum absolute atomic E-state index is 11.0. The quantitative estimate of drug-likeness (QED) is 0.682. The van der Waals surface area contributed by atoms with E-state index in [0.717, 1.165) is 13.0 Å². The second-order valence-electron chi connectivity index (χ2n) is 2.80. The molecule has 78 valence electrons. The first kappa shape index (κ1) is 12.7. The molecule has 0 aromatic carbocycles. The van der Waals surface area contributed by atoms with Crippen molar-refractivity contribution < 1.29 is 14.3 Å². The van der Waals surface area contributed by atoms with Crippen molar-refractivity contribution in [2.75, 3.05) is 20.3 Å². The molecular formula is C8H16ClNO3. The molecule has 5 heteroatoms. The summed E-state index contributed by atoms with van der Waals surface area (Å²) in [7, 11) is 1.40. The zero-order valence-corrected chi connectivity index (χ0v) is 8.73. The largest absolute Gasteiger partial charge is 0.468 e. The number of hydrogen-bond donors (Lipinski definition) is 1. The van der Waals surface area contributed by atoms with E-state index in [1.54, 1.807) is 0 Å². The molecule has 1 saturated heterocycles. The van der Waals surface area contributed by atoms with Crippen LogP contribution in [0.2, 0.25) is 0 Å². The molecule has 0 amide bonds. The van der Waals surface area contributed by atoms with Gasteiger partial charge in [0.05, 0.1) is 13.2 Å². The van der Waals surface area contributed by atoms with Gasteiger partial charge in [-0.25, -0.2) is 0 Å². The summed E-state index contributed by atoms with van der Waals surface area (Å²) >= 11 is 0. The Labute approximate surface area is 84.4 Å². The zero-order chi connectivity index (χ0) is 8.97. The summed E-state index contributed by atoms with van der Waals surface area (Å²) in [4.78, 5) is 11.0. The van der Waals surface area contributed by atoms with E-state index in [4.69, 9.17) is 4.74 Å². The van der Waals surface area contributed by atoms with Crippen molar-refractivity contribution in [1.82, 2.24) is 5.32 Å². The lowest BCUT2D eigenvalue weighted by atomic mass is 10.2. The molecule has 0 aliphatic carbocycles. The fraction of sp³-hybridized carbons (Fsp3) is 0.875. The second-order valence-corrected chi connectivity index (χ2v) is 2.80. The number of carbonyl (C=O) groups excluding carboxylic acids is 1. The Balaban J connectivity index is 0.00000144.